The van der Waals surface area contributed by atoms with Gasteiger partial charge in [-0.2, -0.15) is 14.6 Å². The number of aromatic nitrogens is 3. The molecule has 0 atom stereocenters. The summed E-state index contributed by atoms with van der Waals surface area (Å²) in [6, 6.07) is 23.2. The highest BCUT2D eigenvalue weighted by atomic mass is 32.1. The van der Waals surface area contributed by atoms with Crippen molar-refractivity contribution in [2.24, 2.45) is 0 Å². The summed E-state index contributed by atoms with van der Waals surface area (Å²) in [5.41, 5.74) is 1.63. The maximum atomic E-state index is 13.7. The van der Waals surface area contributed by atoms with Crippen LogP contribution in [0.1, 0.15) is 23.7 Å². The molecule has 0 unspecified atom stereocenters. The lowest BCUT2D eigenvalue weighted by atomic mass is 10.1. The van der Waals surface area contributed by atoms with Crippen LogP contribution in [0.15, 0.2) is 88.5 Å². The second-order valence-electron chi connectivity index (χ2n) is 9.25. The molecule has 0 spiro atoms. The fourth-order valence-electron chi connectivity index (χ4n) is 4.69. The van der Waals surface area contributed by atoms with Crippen molar-refractivity contribution in [3.05, 3.63) is 121 Å². The lowest BCUT2D eigenvalue weighted by molar-refractivity contribution is -0.118. The van der Waals surface area contributed by atoms with Gasteiger partial charge in [0.1, 0.15) is 22.5 Å². The summed E-state index contributed by atoms with van der Waals surface area (Å²) >= 11 is 0.926. The average molecular weight is 566 g/mol. The number of thiazole rings is 1. The van der Waals surface area contributed by atoms with Crippen molar-refractivity contribution in [1.29, 1.82) is 0 Å². The minimum atomic E-state index is -0.550. The summed E-state index contributed by atoms with van der Waals surface area (Å²) < 4.78 is 6.61. The average Bonchev–Trinajstić information content (AvgIpc) is 3.42. The number of amides is 2. The monoisotopic (exact) mass is 565 g/mol. The third kappa shape index (κ3) is 4.98. The number of hydrogen-bond donors (Lipinski definition) is 1. The third-order valence-electron chi connectivity index (χ3n) is 6.54. The van der Waals surface area contributed by atoms with Crippen molar-refractivity contribution >= 4 is 45.1 Å². The van der Waals surface area contributed by atoms with E-state index in [2.05, 4.69) is 15.4 Å². The maximum absolute atomic E-state index is 13.7. The van der Waals surface area contributed by atoms with Crippen LogP contribution in [0.4, 0.5) is 11.4 Å². The molecule has 10 nitrogen and oxygen atoms in total. The molecule has 2 amide bonds. The number of rotatable bonds is 7. The number of benzene rings is 3. The molecule has 3 heterocycles. The van der Waals surface area contributed by atoms with Gasteiger partial charge in [0.05, 0.1) is 17.9 Å². The molecular weight excluding hydrogens is 542 g/mol. The van der Waals surface area contributed by atoms with E-state index in [-0.39, 0.29) is 33.7 Å². The molecule has 1 aliphatic rings. The first kappa shape index (κ1) is 26.1. The number of hydrogen-bond acceptors (Lipinski definition) is 8. The summed E-state index contributed by atoms with van der Waals surface area (Å²) in [6.45, 7) is 2.15. The van der Waals surface area contributed by atoms with E-state index in [1.54, 1.807) is 48.5 Å². The van der Waals surface area contributed by atoms with E-state index in [1.165, 1.54) is 4.90 Å². The van der Waals surface area contributed by atoms with Crippen molar-refractivity contribution in [2.75, 3.05) is 23.4 Å². The number of para-hydroxylation sites is 1. The lowest BCUT2D eigenvalue weighted by Gasteiger charge is -2.16. The van der Waals surface area contributed by atoms with Crippen molar-refractivity contribution < 1.29 is 14.3 Å². The molecule has 6 rings (SSSR count). The van der Waals surface area contributed by atoms with Gasteiger partial charge in [0.25, 0.3) is 17.0 Å². The first-order valence-electron chi connectivity index (χ1n) is 12.9. The minimum absolute atomic E-state index is 0.0938. The molecule has 0 radical (unpaired) electrons. The van der Waals surface area contributed by atoms with E-state index in [1.807, 2.05) is 37.3 Å². The number of carbonyl (C=O) groups excluding carboxylic acids is 2. The van der Waals surface area contributed by atoms with Crippen LogP contribution in [-0.4, -0.2) is 39.6 Å². The first-order chi connectivity index (χ1) is 19.9. The summed E-state index contributed by atoms with van der Waals surface area (Å²) in [5, 5.41) is 7.10. The van der Waals surface area contributed by atoms with E-state index < -0.39 is 22.9 Å². The topological polar surface area (TPSA) is 123 Å². The van der Waals surface area contributed by atoms with Gasteiger partial charge in [-0.15, -0.1) is 0 Å². The Hall–Kier alpha value is -5.16. The number of carbonyl (C=O) groups is 2. The molecule has 0 aliphatic carbocycles. The van der Waals surface area contributed by atoms with Gasteiger partial charge in [0, 0.05) is 17.7 Å². The lowest BCUT2D eigenvalue weighted by Crippen LogP contribution is -2.37. The molecule has 5 aromatic rings. The van der Waals surface area contributed by atoms with E-state index in [9.17, 15) is 19.2 Å². The molecule has 0 bridgehead atoms. The highest BCUT2D eigenvalue weighted by Gasteiger charge is 2.35. The van der Waals surface area contributed by atoms with Gasteiger partial charge in [0.2, 0.25) is 10.9 Å². The van der Waals surface area contributed by atoms with Crippen LogP contribution in [0, 0.1) is 0 Å². The molecule has 0 saturated carbocycles. The molecule has 1 aliphatic heterocycles. The van der Waals surface area contributed by atoms with E-state index in [4.69, 9.17) is 4.74 Å². The van der Waals surface area contributed by atoms with Crippen LogP contribution >= 0.6 is 11.3 Å². The maximum Gasteiger partial charge on any atom is 0.296 e. The normalized spacial score (nSPS) is 13.9. The quantitative estimate of drug-likeness (QED) is 0.322. The van der Waals surface area contributed by atoms with Crippen LogP contribution < -0.4 is 30.6 Å². The summed E-state index contributed by atoms with van der Waals surface area (Å²) in [5.74, 6) is -0.219. The molecule has 0 fully saturated rings. The van der Waals surface area contributed by atoms with Crippen LogP contribution in [0.25, 0.3) is 10.5 Å². The zero-order valence-corrected chi connectivity index (χ0v) is 22.7. The van der Waals surface area contributed by atoms with Gasteiger partial charge in [-0.05, 0) is 42.8 Å². The van der Waals surface area contributed by atoms with Gasteiger partial charge in [-0.3, -0.25) is 24.1 Å². The standard InChI is InChI=1S/C30H23N5O5S/c1-2-40-20-14-12-19(13-15-20)31-24(36)17-34-23-11-7-6-10-21(23)25(28(34)38)26-29(39)35-30(41-26)32-27(37)22(33-35)16-18-8-4-3-5-9-18/h3-15H,2,16-17H2,1H3,(H,31,36). The van der Waals surface area contributed by atoms with Crippen LogP contribution in [0.2, 0.25) is 0 Å². The van der Waals surface area contributed by atoms with Crippen molar-refractivity contribution in [1.82, 2.24) is 14.6 Å². The number of nitrogens with one attached hydrogen (secondary N) is 1. The second kappa shape index (κ2) is 10.8. The summed E-state index contributed by atoms with van der Waals surface area (Å²) in [4.78, 5) is 58.4. The third-order valence-corrected chi connectivity index (χ3v) is 7.57. The number of fused-ring (bicyclic) bond motifs is 2. The SMILES string of the molecule is CCOc1ccc(NC(=O)CN2C(=O)C(=c3sc4nc(=O)c(Cc5ccccc5)nn4c3=O)c3ccccc32)cc1. The first-order valence-corrected chi connectivity index (χ1v) is 13.7. The van der Waals surface area contributed by atoms with Gasteiger partial charge in [0.15, 0.2) is 0 Å². The second-order valence-corrected chi connectivity index (χ2v) is 10.2. The van der Waals surface area contributed by atoms with E-state index >= 15 is 0 Å². The Morgan fingerprint density at radius 3 is 2.44 bits per heavy atom. The molecular formula is C30H23N5O5S. The number of anilines is 2. The largest absolute Gasteiger partial charge is 0.494 e. The van der Waals surface area contributed by atoms with Crippen molar-refractivity contribution in [3.63, 3.8) is 0 Å². The highest BCUT2D eigenvalue weighted by molar-refractivity contribution is 7.15. The van der Waals surface area contributed by atoms with Crippen molar-refractivity contribution in [3.8, 4) is 5.75 Å². The Bertz CT molecular complexity index is 1970. The summed E-state index contributed by atoms with van der Waals surface area (Å²) in [7, 11) is 0. The highest BCUT2D eigenvalue weighted by Crippen LogP contribution is 2.35. The Morgan fingerprint density at radius 1 is 0.951 bits per heavy atom. The van der Waals surface area contributed by atoms with Crippen LogP contribution in [-0.2, 0) is 16.0 Å². The molecule has 2 aromatic heterocycles. The predicted octanol–water partition coefficient (Wildman–Crippen LogP) is 2.40. The predicted molar refractivity (Wildman–Crippen MR) is 155 cm³/mol. The van der Waals surface area contributed by atoms with E-state index in [0.717, 1.165) is 21.4 Å². The zero-order chi connectivity index (χ0) is 28.5. The van der Waals surface area contributed by atoms with Crippen molar-refractivity contribution in [2.45, 2.75) is 13.3 Å². The Balaban J connectivity index is 1.35. The van der Waals surface area contributed by atoms with Gasteiger partial charge in [-0.1, -0.05) is 59.9 Å². The molecule has 0 saturated heterocycles. The molecule has 3 aromatic carbocycles. The van der Waals surface area contributed by atoms with Crippen LogP contribution in [0.5, 0.6) is 5.75 Å². The Labute approximate surface area is 237 Å². The smallest absolute Gasteiger partial charge is 0.296 e. The Kier molecular flexibility index (Phi) is 6.86. The molecule has 204 valence electrons. The van der Waals surface area contributed by atoms with Gasteiger partial charge < -0.3 is 10.1 Å². The van der Waals surface area contributed by atoms with Gasteiger partial charge in [-0.25, -0.2) is 0 Å². The fourth-order valence-corrected chi connectivity index (χ4v) is 5.69. The summed E-state index contributed by atoms with van der Waals surface area (Å²) in [6.07, 6.45) is 0.218. The fraction of sp³-hybridized carbons (Fsp3) is 0.133. The molecule has 1 N–H and O–H groups in total. The van der Waals surface area contributed by atoms with Gasteiger partial charge >= 0.3 is 0 Å². The zero-order valence-electron chi connectivity index (χ0n) is 21.9. The minimum Gasteiger partial charge on any atom is -0.494 e. The van der Waals surface area contributed by atoms with E-state index in [0.29, 0.717) is 29.3 Å². The number of nitrogens with zero attached hydrogens (tertiary/aromatic N) is 4. The molecule has 11 heteroatoms. The Morgan fingerprint density at radius 2 is 1.68 bits per heavy atom. The molecule has 41 heavy (non-hydrogen) atoms. The number of ether oxygens (including phenoxy) is 1. The van der Waals surface area contributed by atoms with Crippen LogP contribution in [0.3, 0.4) is 0 Å².